The predicted molar refractivity (Wildman–Crippen MR) is 70.8 cm³/mol. The molecule has 1 aliphatic rings. The Hall–Kier alpha value is -0.280. The number of hydrogen-bond donors (Lipinski definition) is 0. The van der Waals surface area contributed by atoms with Crippen molar-refractivity contribution in [3.8, 4) is 0 Å². The molecule has 14 heavy (non-hydrogen) atoms. The van der Waals surface area contributed by atoms with Crippen molar-refractivity contribution in [1.82, 2.24) is 0 Å². The SMILES string of the molecule is ClC1(I)C=CC(c2ccccc2)=CC1. The molecular formula is C12H10ClI. The number of hydrogen-bond acceptors (Lipinski definition) is 0. The number of allylic oxidation sites excluding steroid dienone is 4. The summed E-state index contributed by atoms with van der Waals surface area (Å²) in [5.41, 5.74) is 2.52. The lowest BCUT2D eigenvalue weighted by molar-refractivity contribution is 1.02. The molecule has 72 valence electrons. The Bertz CT molecular complexity index is 377. The van der Waals surface area contributed by atoms with Gasteiger partial charge in [-0.25, -0.2) is 0 Å². The van der Waals surface area contributed by atoms with E-state index < -0.39 is 0 Å². The van der Waals surface area contributed by atoms with Gasteiger partial charge in [-0.3, -0.25) is 0 Å². The third kappa shape index (κ3) is 2.39. The zero-order valence-corrected chi connectivity index (χ0v) is 10.5. The molecule has 1 atom stereocenters. The van der Waals surface area contributed by atoms with Crippen molar-refractivity contribution in [3.05, 3.63) is 54.1 Å². The van der Waals surface area contributed by atoms with Crippen molar-refractivity contribution in [3.63, 3.8) is 0 Å². The highest BCUT2D eigenvalue weighted by atomic mass is 127. The first-order chi connectivity index (χ1) is 6.67. The third-order valence-corrected chi connectivity index (χ3v) is 3.29. The van der Waals surface area contributed by atoms with Gasteiger partial charge in [0.1, 0.15) is 2.88 Å². The first-order valence-electron chi connectivity index (χ1n) is 4.50. The van der Waals surface area contributed by atoms with Crippen LogP contribution in [-0.4, -0.2) is 2.88 Å². The third-order valence-electron chi connectivity index (χ3n) is 2.21. The second-order valence-electron chi connectivity index (χ2n) is 3.32. The van der Waals surface area contributed by atoms with Gasteiger partial charge in [0, 0.05) is 0 Å². The van der Waals surface area contributed by atoms with E-state index >= 15 is 0 Å². The Morgan fingerprint density at radius 3 is 2.50 bits per heavy atom. The molecule has 0 fully saturated rings. The number of benzene rings is 1. The summed E-state index contributed by atoms with van der Waals surface area (Å²) in [5, 5.41) is 0. The van der Waals surface area contributed by atoms with E-state index in [0.29, 0.717) is 0 Å². The van der Waals surface area contributed by atoms with E-state index in [-0.39, 0.29) is 2.88 Å². The fourth-order valence-corrected chi connectivity index (χ4v) is 1.98. The maximum absolute atomic E-state index is 6.18. The van der Waals surface area contributed by atoms with E-state index in [1.54, 1.807) is 0 Å². The Balaban J connectivity index is 2.25. The first kappa shape index (κ1) is 10.2. The first-order valence-corrected chi connectivity index (χ1v) is 5.96. The van der Waals surface area contributed by atoms with Crippen LogP contribution in [0.5, 0.6) is 0 Å². The van der Waals surface area contributed by atoms with Gasteiger partial charge < -0.3 is 0 Å². The van der Waals surface area contributed by atoms with Crippen molar-refractivity contribution < 1.29 is 0 Å². The van der Waals surface area contributed by atoms with Gasteiger partial charge in [0.05, 0.1) is 0 Å². The molecule has 0 nitrogen and oxygen atoms in total. The second-order valence-corrected chi connectivity index (χ2v) is 6.56. The van der Waals surface area contributed by atoms with E-state index in [1.807, 2.05) is 6.07 Å². The van der Waals surface area contributed by atoms with Crippen LogP contribution >= 0.6 is 34.2 Å². The molecule has 0 spiro atoms. The minimum Gasteiger partial charge on any atom is -0.103 e. The minimum atomic E-state index is -0.226. The van der Waals surface area contributed by atoms with Crippen LogP contribution in [0.4, 0.5) is 0 Å². The van der Waals surface area contributed by atoms with Gasteiger partial charge in [-0.2, -0.15) is 0 Å². The van der Waals surface area contributed by atoms with Crippen molar-refractivity contribution >= 4 is 39.8 Å². The minimum absolute atomic E-state index is 0.226. The molecule has 0 heterocycles. The van der Waals surface area contributed by atoms with Crippen LogP contribution in [0.3, 0.4) is 0 Å². The molecule has 2 heteroatoms. The summed E-state index contributed by atoms with van der Waals surface area (Å²) in [6.45, 7) is 0. The summed E-state index contributed by atoms with van der Waals surface area (Å²) in [4.78, 5) is 0. The summed E-state index contributed by atoms with van der Waals surface area (Å²) in [6, 6.07) is 10.4. The van der Waals surface area contributed by atoms with Crippen molar-refractivity contribution in [2.75, 3.05) is 0 Å². The Labute approximate surface area is 103 Å². The maximum Gasteiger partial charge on any atom is 0.117 e. The van der Waals surface area contributed by atoms with Crippen LogP contribution in [0.2, 0.25) is 0 Å². The normalized spacial score (nSPS) is 26.0. The maximum atomic E-state index is 6.18. The Kier molecular flexibility index (Phi) is 2.98. The smallest absolute Gasteiger partial charge is 0.103 e. The highest BCUT2D eigenvalue weighted by Gasteiger charge is 2.20. The molecule has 0 aliphatic heterocycles. The van der Waals surface area contributed by atoms with Gasteiger partial charge >= 0.3 is 0 Å². The standard InChI is InChI=1S/C12H10ClI/c13-12(14)8-6-11(7-9-12)10-4-2-1-3-5-10/h1-8H,9H2. The number of alkyl halides is 2. The molecule has 1 unspecified atom stereocenters. The van der Waals surface area contributed by atoms with Crippen LogP contribution in [0.25, 0.3) is 5.57 Å². The van der Waals surface area contributed by atoms with Crippen LogP contribution in [-0.2, 0) is 0 Å². The van der Waals surface area contributed by atoms with Crippen LogP contribution in [0.15, 0.2) is 48.6 Å². The molecule has 0 aromatic heterocycles. The van der Waals surface area contributed by atoms with Gasteiger partial charge in [0.15, 0.2) is 0 Å². The monoisotopic (exact) mass is 316 g/mol. The fourth-order valence-electron chi connectivity index (χ4n) is 1.44. The molecule has 1 aliphatic carbocycles. The van der Waals surface area contributed by atoms with Gasteiger partial charge in [0.25, 0.3) is 0 Å². The molecule has 0 N–H and O–H groups in total. The Morgan fingerprint density at radius 1 is 1.21 bits per heavy atom. The van der Waals surface area contributed by atoms with Gasteiger partial charge in [0.2, 0.25) is 0 Å². The largest absolute Gasteiger partial charge is 0.117 e. The number of halogens is 2. The topological polar surface area (TPSA) is 0 Å². The van der Waals surface area contributed by atoms with Crippen molar-refractivity contribution in [1.29, 1.82) is 0 Å². The molecule has 1 aromatic rings. The molecule has 0 bridgehead atoms. The Morgan fingerprint density at radius 2 is 1.93 bits per heavy atom. The molecule has 1 aromatic carbocycles. The van der Waals surface area contributed by atoms with E-state index in [9.17, 15) is 0 Å². The molecule has 0 saturated heterocycles. The van der Waals surface area contributed by atoms with E-state index in [2.05, 4.69) is 65.1 Å². The quantitative estimate of drug-likeness (QED) is 0.532. The summed E-state index contributed by atoms with van der Waals surface area (Å²) in [7, 11) is 0. The zero-order valence-electron chi connectivity index (χ0n) is 7.58. The highest BCUT2D eigenvalue weighted by Crippen LogP contribution is 2.36. The molecule has 0 amide bonds. The van der Waals surface area contributed by atoms with E-state index in [0.717, 1.165) is 6.42 Å². The summed E-state index contributed by atoms with van der Waals surface area (Å²) < 4.78 is -0.226. The molecule has 2 rings (SSSR count). The average Bonchev–Trinajstić information content (AvgIpc) is 2.19. The van der Waals surface area contributed by atoms with Crippen molar-refractivity contribution in [2.24, 2.45) is 0 Å². The van der Waals surface area contributed by atoms with Gasteiger partial charge in [-0.15, -0.1) is 11.6 Å². The van der Waals surface area contributed by atoms with Crippen molar-refractivity contribution in [2.45, 2.75) is 9.30 Å². The lowest BCUT2D eigenvalue weighted by Gasteiger charge is -2.18. The molecular weight excluding hydrogens is 306 g/mol. The fraction of sp³-hybridized carbons (Fsp3) is 0.167. The second kappa shape index (κ2) is 4.07. The van der Waals surface area contributed by atoms with Crippen LogP contribution in [0.1, 0.15) is 12.0 Å². The average molecular weight is 317 g/mol. The van der Waals surface area contributed by atoms with Gasteiger partial charge in [-0.05, 0) is 17.6 Å². The summed E-state index contributed by atoms with van der Waals surface area (Å²) >= 11 is 8.43. The summed E-state index contributed by atoms with van der Waals surface area (Å²) in [5.74, 6) is 0. The lowest BCUT2D eigenvalue weighted by atomic mass is 10.00. The predicted octanol–water partition coefficient (Wildman–Crippen LogP) is 4.40. The number of rotatable bonds is 1. The lowest BCUT2D eigenvalue weighted by Crippen LogP contribution is -2.08. The molecule has 0 saturated carbocycles. The van der Waals surface area contributed by atoms with Crippen LogP contribution < -0.4 is 0 Å². The van der Waals surface area contributed by atoms with E-state index in [4.69, 9.17) is 11.6 Å². The van der Waals surface area contributed by atoms with Gasteiger partial charge in [-0.1, -0.05) is 71.2 Å². The molecule has 0 radical (unpaired) electrons. The van der Waals surface area contributed by atoms with Crippen LogP contribution in [0, 0.1) is 0 Å². The highest BCUT2D eigenvalue weighted by molar-refractivity contribution is 14.1. The summed E-state index contributed by atoms with van der Waals surface area (Å²) in [6.07, 6.45) is 7.22. The van der Waals surface area contributed by atoms with E-state index in [1.165, 1.54) is 11.1 Å². The zero-order chi connectivity index (χ0) is 10.0.